The molecule has 0 bridgehead atoms. The first kappa shape index (κ1) is 16.2. The molecule has 120 valence electrons. The summed E-state index contributed by atoms with van der Waals surface area (Å²) in [7, 11) is 0. The summed E-state index contributed by atoms with van der Waals surface area (Å²) in [6.45, 7) is 1.63. The number of nitrogens with one attached hydrogen (secondary N) is 1. The molecule has 0 radical (unpaired) electrons. The molecule has 2 amide bonds. The van der Waals surface area contributed by atoms with Gasteiger partial charge in [0.2, 0.25) is 0 Å². The molecular formula is C15H19FN2O4. The number of urea groups is 1. The fourth-order valence-electron chi connectivity index (χ4n) is 2.51. The molecule has 1 fully saturated rings. The van der Waals surface area contributed by atoms with Crippen LogP contribution in [0.1, 0.15) is 37.7 Å². The fourth-order valence-corrected chi connectivity index (χ4v) is 2.51. The number of halogens is 1. The third kappa shape index (κ3) is 3.54. The molecule has 1 aliphatic rings. The second-order valence-electron chi connectivity index (χ2n) is 5.47. The number of rotatable bonds is 5. The van der Waals surface area contributed by atoms with E-state index < -0.39 is 18.0 Å². The van der Waals surface area contributed by atoms with Gasteiger partial charge in [0.15, 0.2) is 0 Å². The Kier molecular flexibility index (Phi) is 4.97. The zero-order valence-electron chi connectivity index (χ0n) is 12.2. The number of carbonyl (C=O) groups is 2. The Morgan fingerprint density at radius 2 is 1.95 bits per heavy atom. The lowest BCUT2D eigenvalue weighted by atomic mass is 9.76. The molecule has 0 heterocycles. The topological polar surface area (TPSA) is 89.9 Å². The number of carbonyl (C=O) groups excluding carboxylic acids is 1. The van der Waals surface area contributed by atoms with E-state index >= 15 is 0 Å². The van der Waals surface area contributed by atoms with Gasteiger partial charge in [-0.3, -0.25) is 5.21 Å². The smallest absolute Gasteiger partial charge is 0.342 e. The van der Waals surface area contributed by atoms with Crippen molar-refractivity contribution in [3.63, 3.8) is 0 Å². The molecule has 1 aromatic rings. The predicted octanol–water partition coefficient (Wildman–Crippen LogP) is 2.34. The minimum Gasteiger partial charge on any atom is -0.480 e. The number of aliphatic carboxylic acids is 1. The second-order valence-corrected chi connectivity index (χ2v) is 5.47. The molecule has 0 aliphatic heterocycles. The third-order valence-electron chi connectivity index (χ3n) is 4.01. The van der Waals surface area contributed by atoms with Gasteiger partial charge in [0.1, 0.15) is 11.9 Å². The summed E-state index contributed by atoms with van der Waals surface area (Å²) in [5.74, 6) is -1.28. The highest BCUT2D eigenvalue weighted by molar-refractivity contribution is 5.82. The van der Waals surface area contributed by atoms with E-state index in [1.807, 2.05) is 0 Å². The van der Waals surface area contributed by atoms with E-state index in [0.717, 1.165) is 5.56 Å². The van der Waals surface area contributed by atoms with Crippen LogP contribution in [0.15, 0.2) is 24.3 Å². The van der Waals surface area contributed by atoms with Gasteiger partial charge in [-0.15, -0.1) is 0 Å². The summed E-state index contributed by atoms with van der Waals surface area (Å²) >= 11 is 0. The van der Waals surface area contributed by atoms with Crippen molar-refractivity contribution in [3.05, 3.63) is 35.6 Å². The minimum absolute atomic E-state index is 0.162. The summed E-state index contributed by atoms with van der Waals surface area (Å²) in [4.78, 5) is 22.7. The van der Waals surface area contributed by atoms with Crippen molar-refractivity contribution in [1.82, 2.24) is 10.4 Å². The van der Waals surface area contributed by atoms with Crippen molar-refractivity contribution in [2.45, 2.75) is 44.2 Å². The van der Waals surface area contributed by atoms with Crippen molar-refractivity contribution < 1.29 is 24.3 Å². The molecule has 7 heteroatoms. The van der Waals surface area contributed by atoms with Crippen LogP contribution in [-0.4, -0.2) is 39.5 Å². The normalized spacial score (nSPS) is 21.6. The molecule has 0 saturated heterocycles. The monoisotopic (exact) mass is 310 g/mol. The van der Waals surface area contributed by atoms with Gasteiger partial charge in [0, 0.05) is 0 Å². The van der Waals surface area contributed by atoms with Crippen molar-refractivity contribution in [1.29, 1.82) is 0 Å². The summed E-state index contributed by atoms with van der Waals surface area (Å²) in [5, 5.41) is 21.5. The SMILES string of the molecule is CCC(NC(=O)N(O)[C@H]1C[C@@H](c2ccc(F)cc2)C1)C(=O)O. The number of benzene rings is 1. The van der Waals surface area contributed by atoms with Crippen LogP contribution in [0.3, 0.4) is 0 Å². The summed E-state index contributed by atoms with van der Waals surface area (Å²) in [6, 6.07) is 3.95. The molecule has 1 saturated carbocycles. The molecule has 0 spiro atoms. The largest absolute Gasteiger partial charge is 0.480 e. The highest BCUT2D eigenvalue weighted by Crippen LogP contribution is 2.39. The number of carboxylic acid groups (broad SMARTS) is 1. The summed E-state index contributed by atoms with van der Waals surface area (Å²) < 4.78 is 12.9. The van der Waals surface area contributed by atoms with Crippen LogP contribution < -0.4 is 5.32 Å². The first-order chi connectivity index (χ1) is 10.4. The van der Waals surface area contributed by atoms with Crippen LogP contribution in [-0.2, 0) is 4.79 Å². The van der Waals surface area contributed by atoms with E-state index in [0.29, 0.717) is 17.9 Å². The Morgan fingerprint density at radius 3 is 2.45 bits per heavy atom. The number of hydroxylamine groups is 2. The van der Waals surface area contributed by atoms with Gasteiger partial charge in [-0.05, 0) is 42.9 Å². The van der Waals surface area contributed by atoms with Gasteiger partial charge in [-0.25, -0.2) is 19.0 Å². The molecule has 0 aromatic heterocycles. The highest BCUT2D eigenvalue weighted by Gasteiger charge is 2.37. The lowest BCUT2D eigenvalue weighted by Gasteiger charge is -2.39. The van der Waals surface area contributed by atoms with E-state index in [4.69, 9.17) is 5.11 Å². The number of nitrogens with zero attached hydrogens (tertiary/aromatic N) is 1. The molecule has 6 nitrogen and oxygen atoms in total. The van der Waals surface area contributed by atoms with Gasteiger partial charge in [0.25, 0.3) is 0 Å². The molecular weight excluding hydrogens is 291 g/mol. The Labute approximate surface area is 127 Å². The Morgan fingerprint density at radius 1 is 1.36 bits per heavy atom. The van der Waals surface area contributed by atoms with Crippen molar-refractivity contribution >= 4 is 12.0 Å². The van der Waals surface area contributed by atoms with E-state index in [-0.39, 0.29) is 24.2 Å². The maximum Gasteiger partial charge on any atom is 0.342 e. The molecule has 1 aliphatic carbocycles. The van der Waals surface area contributed by atoms with Crippen LogP contribution in [0, 0.1) is 5.82 Å². The molecule has 22 heavy (non-hydrogen) atoms. The maximum absolute atomic E-state index is 12.9. The molecule has 1 atom stereocenters. The van der Waals surface area contributed by atoms with Crippen LogP contribution in [0.2, 0.25) is 0 Å². The molecule has 2 rings (SSSR count). The number of hydrogen-bond donors (Lipinski definition) is 3. The van der Waals surface area contributed by atoms with E-state index in [9.17, 15) is 19.2 Å². The van der Waals surface area contributed by atoms with Crippen molar-refractivity contribution in [3.8, 4) is 0 Å². The van der Waals surface area contributed by atoms with E-state index in [1.165, 1.54) is 12.1 Å². The van der Waals surface area contributed by atoms with Gasteiger partial charge in [-0.1, -0.05) is 19.1 Å². The standard InChI is InChI=1S/C15H19FN2O4/c1-2-13(14(19)20)17-15(21)18(22)12-7-10(8-12)9-3-5-11(16)6-4-9/h3-6,10,12-13,22H,2,7-8H2,1H3,(H,17,21)(H,19,20)/t10-,12+,13?. The maximum atomic E-state index is 12.9. The average molecular weight is 310 g/mol. The number of amides is 2. The third-order valence-corrected chi connectivity index (χ3v) is 4.01. The zero-order valence-corrected chi connectivity index (χ0v) is 12.2. The number of carboxylic acids is 1. The Hall–Kier alpha value is -2.15. The van der Waals surface area contributed by atoms with Gasteiger partial charge < -0.3 is 10.4 Å². The number of hydrogen-bond acceptors (Lipinski definition) is 3. The molecule has 3 N–H and O–H groups in total. The van der Waals surface area contributed by atoms with Crippen molar-refractivity contribution in [2.24, 2.45) is 0 Å². The van der Waals surface area contributed by atoms with E-state index in [2.05, 4.69) is 5.32 Å². The zero-order chi connectivity index (χ0) is 16.3. The fraction of sp³-hybridized carbons (Fsp3) is 0.467. The Balaban J connectivity index is 1.85. The average Bonchev–Trinajstić information content (AvgIpc) is 2.44. The predicted molar refractivity (Wildman–Crippen MR) is 76.0 cm³/mol. The lowest BCUT2D eigenvalue weighted by Crippen LogP contribution is -2.52. The highest BCUT2D eigenvalue weighted by atomic mass is 19.1. The summed E-state index contributed by atoms with van der Waals surface area (Å²) in [6.07, 6.45) is 1.34. The first-order valence-electron chi connectivity index (χ1n) is 7.19. The van der Waals surface area contributed by atoms with Gasteiger partial charge in [0.05, 0.1) is 6.04 Å². The Bertz CT molecular complexity index is 543. The van der Waals surface area contributed by atoms with Gasteiger partial charge >= 0.3 is 12.0 Å². The van der Waals surface area contributed by atoms with Crippen LogP contribution in [0.5, 0.6) is 0 Å². The van der Waals surface area contributed by atoms with Crippen LogP contribution in [0.4, 0.5) is 9.18 Å². The van der Waals surface area contributed by atoms with Crippen LogP contribution >= 0.6 is 0 Å². The lowest BCUT2D eigenvalue weighted by molar-refractivity contribution is -0.140. The van der Waals surface area contributed by atoms with Gasteiger partial charge in [-0.2, -0.15) is 0 Å². The summed E-state index contributed by atoms with van der Waals surface area (Å²) in [5.41, 5.74) is 0.962. The minimum atomic E-state index is -1.14. The van der Waals surface area contributed by atoms with Crippen molar-refractivity contribution in [2.75, 3.05) is 0 Å². The van der Waals surface area contributed by atoms with Crippen LogP contribution in [0.25, 0.3) is 0 Å². The quantitative estimate of drug-likeness (QED) is 0.575. The molecule has 1 unspecified atom stereocenters. The van der Waals surface area contributed by atoms with E-state index in [1.54, 1.807) is 19.1 Å². The molecule has 1 aromatic carbocycles. The first-order valence-corrected chi connectivity index (χ1v) is 7.19. The second kappa shape index (κ2) is 6.74.